The number of hydrogen-bond acceptors (Lipinski definition) is 13. The van der Waals surface area contributed by atoms with Gasteiger partial charge in [0.25, 0.3) is 0 Å². The summed E-state index contributed by atoms with van der Waals surface area (Å²) < 4.78 is 118. The fraction of sp³-hybridized carbons (Fsp3) is 0.538. The predicted octanol–water partition coefficient (Wildman–Crippen LogP) is 2.97. The molecule has 1 rings (SSSR count). The molecule has 1 aliphatic carbocycles. The molecule has 15 N–H and O–H groups in total. The number of carbonyl (C=O) groups is 2. The monoisotopic (exact) mass is 753 g/mol. The van der Waals surface area contributed by atoms with Crippen LogP contribution in [-0.2, 0) is 49.6 Å². The van der Waals surface area contributed by atoms with E-state index in [0.717, 1.165) is 6.42 Å². The van der Waals surface area contributed by atoms with Crippen molar-refractivity contribution in [1.29, 1.82) is 0 Å². The molecular weight excluding hydrogens is 723 g/mol. The summed E-state index contributed by atoms with van der Waals surface area (Å²) in [6.07, 6.45) is 8.23. The average molecular weight is 752 g/mol. The summed E-state index contributed by atoms with van der Waals surface area (Å²) in [4.78, 5) is 21.6. The molecule has 22 heteroatoms. The minimum Gasteiger partial charge on any atom is -0.741 e. The second-order valence-electron chi connectivity index (χ2n) is 5.58. The van der Waals surface area contributed by atoms with Gasteiger partial charge >= 0.3 is 30.8 Å². The second-order valence-corrected chi connectivity index (χ2v) is 8.32. The van der Waals surface area contributed by atoms with Gasteiger partial charge in [-0.05, 0) is 25.5 Å². The molecule has 0 amide bonds. The van der Waals surface area contributed by atoms with E-state index < -0.39 is 31.3 Å². The van der Waals surface area contributed by atoms with E-state index in [4.69, 9.17) is 25.9 Å². The summed E-state index contributed by atoms with van der Waals surface area (Å²) >= 11 is 0. The SMILES string of the molecule is CC(=O)CCC1(C)C=CC(=O)C=C1.N.N.N.N.N.O=S(=O)([O-])C(F)(F)F.O=S(=O)([O-])C(F)(F)F.[Os+2]. The topological polar surface area (TPSA) is 324 Å². The maximum Gasteiger partial charge on any atom is 2.00 e. The Morgan fingerprint density at radius 1 is 0.829 bits per heavy atom. The van der Waals surface area contributed by atoms with E-state index in [-0.39, 0.29) is 67.5 Å². The number of ketones is 2. The normalized spacial score (nSPS) is 13.5. The minimum atomic E-state index is -6.09. The summed E-state index contributed by atoms with van der Waals surface area (Å²) in [7, 11) is -12.2. The molecule has 0 bridgehead atoms. The third-order valence-electron chi connectivity index (χ3n) is 2.84. The zero-order chi connectivity index (χ0) is 23.9. The molecule has 0 saturated heterocycles. The Morgan fingerprint density at radius 2 is 1.06 bits per heavy atom. The molecule has 0 saturated carbocycles. The van der Waals surface area contributed by atoms with Crippen LogP contribution in [0.5, 0.6) is 0 Å². The Morgan fingerprint density at radius 3 is 1.23 bits per heavy atom. The summed E-state index contributed by atoms with van der Waals surface area (Å²) in [5, 5.41) is 0. The minimum absolute atomic E-state index is 0. The van der Waals surface area contributed by atoms with Gasteiger partial charge < -0.3 is 44.7 Å². The molecule has 216 valence electrons. The van der Waals surface area contributed by atoms with Crippen LogP contribution in [0.25, 0.3) is 0 Å². The van der Waals surface area contributed by atoms with Crippen molar-refractivity contribution in [3.63, 3.8) is 0 Å². The number of allylic oxidation sites excluding steroid dienone is 4. The van der Waals surface area contributed by atoms with Gasteiger partial charge in [-0.2, -0.15) is 26.3 Å². The van der Waals surface area contributed by atoms with E-state index in [0.29, 0.717) is 6.42 Å². The Hall–Kier alpha value is -1.34. The maximum atomic E-state index is 10.8. The average Bonchev–Trinajstić information content (AvgIpc) is 2.46. The third kappa shape index (κ3) is 25.6. The first-order chi connectivity index (χ1) is 12.5. The van der Waals surface area contributed by atoms with Gasteiger partial charge in [0.2, 0.25) is 0 Å². The molecule has 0 aliphatic heterocycles. The van der Waals surface area contributed by atoms with Crippen molar-refractivity contribution in [2.45, 2.75) is 37.7 Å². The molecule has 0 atom stereocenters. The van der Waals surface area contributed by atoms with Crippen LogP contribution in [0.1, 0.15) is 26.7 Å². The van der Waals surface area contributed by atoms with E-state index >= 15 is 0 Å². The van der Waals surface area contributed by atoms with E-state index in [2.05, 4.69) is 0 Å². The van der Waals surface area contributed by atoms with Crippen LogP contribution in [0.3, 0.4) is 0 Å². The van der Waals surface area contributed by atoms with Gasteiger partial charge in [0.15, 0.2) is 26.0 Å². The Bertz CT molecular complexity index is 820. The van der Waals surface area contributed by atoms with Crippen molar-refractivity contribution in [3.05, 3.63) is 24.3 Å². The van der Waals surface area contributed by atoms with Crippen molar-refractivity contribution in [2.24, 2.45) is 5.41 Å². The van der Waals surface area contributed by atoms with Gasteiger partial charge in [0.1, 0.15) is 5.78 Å². The summed E-state index contributed by atoms with van der Waals surface area (Å²) in [5.74, 6) is 0.222. The first kappa shape index (κ1) is 54.5. The maximum absolute atomic E-state index is 10.8. The Kier molecular flexibility index (Phi) is 30.8. The molecule has 0 heterocycles. The van der Waals surface area contributed by atoms with Crippen LogP contribution < -0.4 is 30.8 Å². The predicted molar refractivity (Wildman–Crippen MR) is 108 cm³/mol. The van der Waals surface area contributed by atoms with Gasteiger partial charge in [-0.1, -0.05) is 19.1 Å². The van der Waals surface area contributed by atoms with Crippen molar-refractivity contribution in [1.82, 2.24) is 30.8 Å². The van der Waals surface area contributed by atoms with Crippen molar-refractivity contribution < 1.29 is 81.7 Å². The number of rotatable bonds is 3. The fourth-order valence-electron chi connectivity index (χ4n) is 1.27. The zero-order valence-electron chi connectivity index (χ0n) is 18.5. The third-order valence-corrected chi connectivity index (χ3v) is 3.97. The van der Waals surface area contributed by atoms with Crippen LogP contribution >= 0.6 is 0 Å². The molecule has 0 unspecified atom stereocenters. The number of halogens is 6. The van der Waals surface area contributed by atoms with Gasteiger partial charge in [-0.3, -0.25) is 4.79 Å². The molecule has 35 heavy (non-hydrogen) atoms. The Labute approximate surface area is 211 Å². The summed E-state index contributed by atoms with van der Waals surface area (Å²) in [6, 6.07) is 0. The van der Waals surface area contributed by atoms with E-state index in [1.54, 1.807) is 19.1 Å². The first-order valence-corrected chi connectivity index (χ1v) is 9.80. The van der Waals surface area contributed by atoms with E-state index in [1.807, 2.05) is 19.1 Å². The molecule has 0 aromatic heterocycles. The van der Waals surface area contributed by atoms with Gasteiger partial charge in [-0.15, -0.1) is 0 Å². The summed E-state index contributed by atoms with van der Waals surface area (Å²) in [6.45, 7) is 3.61. The van der Waals surface area contributed by atoms with Crippen molar-refractivity contribution >= 4 is 31.8 Å². The van der Waals surface area contributed by atoms with Gasteiger partial charge in [-0.25, -0.2) is 16.8 Å². The van der Waals surface area contributed by atoms with Crippen LogP contribution in [0, 0.1) is 5.41 Å². The molecule has 0 aromatic rings. The van der Waals surface area contributed by atoms with Gasteiger partial charge in [0.05, 0.1) is 0 Å². The van der Waals surface area contributed by atoms with E-state index in [9.17, 15) is 35.9 Å². The van der Waals surface area contributed by atoms with Crippen LogP contribution in [0.2, 0.25) is 0 Å². The fourth-order valence-corrected chi connectivity index (χ4v) is 1.27. The standard InChI is InChI=1S/C11H14O2.2CHF3O3S.5H3N.Os/c1-9(12)3-6-11(2)7-4-10(13)5-8-11;2*2-1(3,4)8(5,6)7;;;;;;/h4-5,7-8H,3,6H2,1-2H3;2*(H,5,6,7);5*1H3;/q;;;;;;;;+2/p-2. The quantitative estimate of drug-likeness (QED) is 0.157. The zero-order valence-corrected chi connectivity index (χ0v) is 22.6. The molecular formula is C13H29F6N5O8OsS2. The van der Waals surface area contributed by atoms with Crippen LogP contribution in [0.15, 0.2) is 24.3 Å². The number of alkyl halides is 6. The molecule has 1 aliphatic rings. The largest absolute Gasteiger partial charge is 2.00 e. The number of hydrogen-bond donors (Lipinski definition) is 5. The molecule has 0 aromatic carbocycles. The van der Waals surface area contributed by atoms with Crippen molar-refractivity contribution in [2.75, 3.05) is 0 Å². The molecule has 13 nitrogen and oxygen atoms in total. The van der Waals surface area contributed by atoms with Gasteiger partial charge in [0, 0.05) is 11.8 Å². The Balaban J connectivity index is -0.0000000499. The van der Waals surface area contributed by atoms with E-state index in [1.165, 1.54) is 0 Å². The summed E-state index contributed by atoms with van der Waals surface area (Å²) in [5.41, 5.74) is -11.4. The first-order valence-electron chi connectivity index (χ1n) is 6.98. The van der Waals surface area contributed by atoms with Crippen molar-refractivity contribution in [3.8, 4) is 0 Å². The second kappa shape index (κ2) is 19.8. The molecule has 0 spiro atoms. The number of Topliss-reactive ketones (excluding diaryl/α,β-unsaturated/α-hetero) is 1. The van der Waals surface area contributed by atoms with Crippen LogP contribution in [-0.4, -0.2) is 48.5 Å². The number of carbonyl (C=O) groups excluding carboxylic acids is 2. The molecule has 0 fully saturated rings. The smallest absolute Gasteiger partial charge is 0.741 e. The van der Waals surface area contributed by atoms with Crippen LogP contribution in [0.4, 0.5) is 26.3 Å². The molecule has 0 radical (unpaired) electrons.